The number of thioether (sulfide) groups is 1. The Morgan fingerprint density at radius 2 is 1.94 bits per heavy atom. The summed E-state index contributed by atoms with van der Waals surface area (Å²) in [5.74, 6) is 1.82. The molecule has 0 aliphatic carbocycles. The molecule has 0 saturated heterocycles. The Hall–Kier alpha value is -1.75. The highest BCUT2D eigenvalue weighted by atomic mass is 32.2. The molecule has 2 rings (SSSR count). The Balaban J connectivity index is 1.95. The normalized spacial score (nSPS) is 10.2. The molecule has 0 bridgehead atoms. The lowest BCUT2D eigenvalue weighted by Gasteiger charge is -2.02. The number of aromatic hydroxyl groups is 1. The number of nitrogens with one attached hydrogen (secondary N) is 1. The molecule has 1 heterocycles. The molecule has 4 nitrogen and oxygen atoms in total. The highest BCUT2D eigenvalue weighted by Gasteiger charge is 1.99. The average molecular weight is 247 g/mol. The van der Waals surface area contributed by atoms with Crippen LogP contribution in [0, 0.1) is 0 Å². The minimum atomic E-state index is 0.285. The van der Waals surface area contributed by atoms with E-state index in [1.54, 1.807) is 36.3 Å². The Bertz CT molecular complexity index is 470. The summed E-state index contributed by atoms with van der Waals surface area (Å²) in [6, 6.07) is 7.13. The Kier molecular flexibility index (Phi) is 3.82. The van der Waals surface area contributed by atoms with E-state index in [1.165, 1.54) is 0 Å². The van der Waals surface area contributed by atoms with Gasteiger partial charge in [0.2, 0.25) is 0 Å². The summed E-state index contributed by atoms with van der Waals surface area (Å²) >= 11 is 1.66. The zero-order valence-electron chi connectivity index (χ0n) is 9.42. The Morgan fingerprint density at radius 3 is 2.53 bits per heavy atom. The average Bonchev–Trinajstić information content (AvgIpc) is 2.39. The first-order valence-corrected chi connectivity index (χ1v) is 6.17. The molecular formula is C12H13N3OS. The van der Waals surface area contributed by atoms with E-state index >= 15 is 0 Å². The van der Waals surface area contributed by atoms with Crippen LogP contribution < -0.4 is 5.32 Å². The maximum Gasteiger partial charge on any atom is 0.144 e. The summed E-state index contributed by atoms with van der Waals surface area (Å²) in [6.07, 6.45) is 3.48. The van der Waals surface area contributed by atoms with Crippen LogP contribution >= 0.6 is 11.8 Å². The van der Waals surface area contributed by atoms with Crippen molar-refractivity contribution in [2.24, 2.45) is 0 Å². The predicted molar refractivity (Wildman–Crippen MR) is 69.2 cm³/mol. The van der Waals surface area contributed by atoms with Crippen LogP contribution in [0.4, 0.5) is 5.82 Å². The maximum absolute atomic E-state index is 9.16. The lowest BCUT2D eigenvalue weighted by Crippen LogP contribution is -1.95. The van der Waals surface area contributed by atoms with Crippen LogP contribution in [-0.4, -0.2) is 22.1 Å². The predicted octanol–water partition coefficient (Wildman–Crippen LogP) is 2.52. The number of aromatic nitrogens is 2. The van der Waals surface area contributed by atoms with E-state index in [-0.39, 0.29) is 5.75 Å². The molecule has 17 heavy (non-hydrogen) atoms. The molecule has 0 radical (unpaired) electrons. The van der Waals surface area contributed by atoms with E-state index in [0.717, 1.165) is 22.2 Å². The molecule has 88 valence electrons. The molecule has 0 aliphatic rings. The molecule has 0 fully saturated rings. The van der Waals surface area contributed by atoms with Gasteiger partial charge in [0.05, 0.1) is 18.1 Å². The maximum atomic E-state index is 9.16. The van der Waals surface area contributed by atoms with Gasteiger partial charge in [-0.25, -0.2) is 4.98 Å². The second-order valence-electron chi connectivity index (χ2n) is 3.43. The summed E-state index contributed by atoms with van der Waals surface area (Å²) in [6.45, 7) is 0. The van der Waals surface area contributed by atoms with Crippen LogP contribution in [0.3, 0.4) is 0 Å². The number of rotatable bonds is 4. The fourth-order valence-corrected chi connectivity index (χ4v) is 2.05. The van der Waals surface area contributed by atoms with Crippen molar-refractivity contribution in [1.29, 1.82) is 0 Å². The third-order valence-electron chi connectivity index (χ3n) is 2.18. The lowest BCUT2D eigenvalue weighted by molar-refractivity contribution is 0.475. The SMILES string of the molecule is CNc1cnc(CSc2ccc(O)cc2)cn1. The zero-order chi connectivity index (χ0) is 12.1. The summed E-state index contributed by atoms with van der Waals surface area (Å²) in [7, 11) is 1.81. The van der Waals surface area contributed by atoms with Gasteiger partial charge in [0.25, 0.3) is 0 Å². The molecule has 0 amide bonds. The first kappa shape index (κ1) is 11.7. The number of benzene rings is 1. The third kappa shape index (κ3) is 3.35. The van der Waals surface area contributed by atoms with E-state index in [4.69, 9.17) is 5.11 Å². The molecule has 0 spiro atoms. The van der Waals surface area contributed by atoms with Gasteiger partial charge in [-0.15, -0.1) is 11.8 Å². The van der Waals surface area contributed by atoms with Crippen LogP contribution in [0.15, 0.2) is 41.6 Å². The fourth-order valence-electron chi connectivity index (χ4n) is 1.26. The van der Waals surface area contributed by atoms with Gasteiger partial charge in [-0.1, -0.05) is 0 Å². The van der Waals surface area contributed by atoms with E-state index < -0.39 is 0 Å². The molecule has 1 aromatic heterocycles. The van der Waals surface area contributed by atoms with Gasteiger partial charge in [-0.2, -0.15) is 0 Å². The van der Waals surface area contributed by atoms with Crippen LogP contribution in [-0.2, 0) is 5.75 Å². The summed E-state index contributed by atoms with van der Waals surface area (Å²) < 4.78 is 0. The standard InChI is InChI=1S/C12H13N3OS/c1-13-12-7-14-9(6-15-12)8-17-11-4-2-10(16)3-5-11/h2-7,16H,8H2,1H3,(H,13,15). The molecule has 0 aliphatic heterocycles. The number of hydrogen-bond donors (Lipinski definition) is 2. The number of hydrogen-bond acceptors (Lipinski definition) is 5. The largest absolute Gasteiger partial charge is 0.508 e. The van der Waals surface area contributed by atoms with Crippen molar-refractivity contribution in [2.75, 3.05) is 12.4 Å². The van der Waals surface area contributed by atoms with E-state index in [1.807, 2.05) is 19.2 Å². The second-order valence-corrected chi connectivity index (χ2v) is 4.47. The first-order valence-electron chi connectivity index (χ1n) is 5.18. The van der Waals surface area contributed by atoms with Crippen molar-refractivity contribution < 1.29 is 5.11 Å². The van der Waals surface area contributed by atoms with Gasteiger partial charge in [-0.3, -0.25) is 4.98 Å². The summed E-state index contributed by atoms with van der Waals surface area (Å²) in [4.78, 5) is 9.58. The molecular weight excluding hydrogens is 234 g/mol. The number of phenols is 1. The quantitative estimate of drug-likeness (QED) is 0.813. The van der Waals surface area contributed by atoms with E-state index in [9.17, 15) is 0 Å². The minimum absolute atomic E-state index is 0.285. The van der Waals surface area contributed by atoms with Crippen molar-refractivity contribution >= 4 is 17.6 Å². The lowest BCUT2D eigenvalue weighted by atomic mass is 10.3. The van der Waals surface area contributed by atoms with Crippen LogP contribution in [0.5, 0.6) is 5.75 Å². The minimum Gasteiger partial charge on any atom is -0.508 e. The van der Waals surface area contributed by atoms with Crippen LogP contribution in [0.1, 0.15) is 5.69 Å². The summed E-state index contributed by atoms with van der Waals surface area (Å²) in [5.41, 5.74) is 0.932. The molecule has 1 aromatic carbocycles. The van der Waals surface area contributed by atoms with Crippen molar-refractivity contribution in [2.45, 2.75) is 10.6 Å². The van der Waals surface area contributed by atoms with Gasteiger partial charge in [0, 0.05) is 17.7 Å². The summed E-state index contributed by atoms with van der Waals surface area (Å²) in [5, 5.41) is 12.1. The molecule has 2 aromatic rings. The molecule has 0 atom stereocenters. The first-order chi connectivity index (χ1) is 8.28. The van der Waals surface area contributed by atoms with E-state index in [0.29, 0.717) is 0 Å². The highest BCUT2D eigenvalue weighted by molar-refractivity contribution is 7.98. The molecule has 0 unspecified atom stereocenters. The van der Waals surface area contributed by atoms with Gasteiger partial charge in [0.15, 0.2) is 0 Å². The van der Waals surface area contributed by atoms with Crippen molar-refractivity contribution in [3.63, 3.8) is 0 Å². The third-order valence-corrected chi connectivity index (χ3v) is 3.23. The van der Waals surface area contributed by atoms with Crippen molar-refractivity contribution in [3.8, 4) is 5.75 Å². The fraction of sp³-hybridized carbons (Fsp3) is 0.167. The Morgan fingerprint density at radius 1 is 1.18 bits per heavy atom. The van der Waals surface area contributed by atoms with Gasteiger partial charge >= 0.3 is 0 Å². The zero-order valence-corrected chi connectivity index (χ0v) is 10.2. The van der Waals surface area contributed by atoms with Crippen molar-refractivity contribution in [3.05, 3.63) is 42.4 Å². The van der Waals surface area contributed by atoms with Crippen molar-refractivity contribution in [1.82, 2.24) is 9.97 Å². The molecule has 2 N–H and O–H groups in total. The van der Waals surface area contributed by atoms with Gasteiger partial charge in [-0.05, 0) is 24.3 Å². The second kappa shape index (κ2) is 5.54. The smallest absolute Gasteiger partial charge is 0.144 e. The van der Waals surface area contributed by atoms with Crippen LogP contribution in [0.2, 0.25) is 0 Å². The highest BCUT2D eigenvalue weighted by Crippen LogP contribution is 2.23. The van der Waals surface area contributed by atoms with Crippen LogP contribution in [0.25, 0.3) is 0 Å². The molecule has 5 heteroatoms. The number of phenolic OH excluding ortho intramolecular Hbond substituents is 1. The van der Waals surface area contributed by atoms with Gasteiger partial charge in [0.1, 0.15) is 11.6 Å². The Labute approximate surface area is 104 Å². The molecule has 0 saturated carbocycles. The number of anilines is 1. The van der Waals surface area contributed by atoms with E-state index in [2.05, 4.69) is 15.3 Å². The topological polar surface area (TPSA) is 58.0 Å². The number of nitrogens with zero attached hydrogens (tertiary/aromatic N) is 2. The monoisotopic (exact) mass is 247 g/mol. The van der Waals surface area contributed by atoms with Gasteiger partial charge < -0.3 is 10.4 Å².